The Morgan fingerprint density at radius 2 is 0.483 bits per heavy atom. The van der Waals surface area contributed by atoms with Crippen LogP contribution in [0, 0.1) is 23.3 Å². The summed E-state index contributed by atoms with van der Waals surface area (Å²) in [5, 5.41) is 13.0. The molecule has 0 fully saturated rings. The number of hydrogen-bond acceptors (Lipinski definition) is 0. The van der Waals surface area contributed by atoms with Crippen LogP contribution in [0.25, 0.3) is 119 Å². The van der Waals surface area contributed by atoms with Gasteiger partial charge in [-0.3, -0.25) is 0 Å². The second-order valence-corrected chi connectivity index (χ2v) is 15.2. The second kappa shape index (κ2) is 12.1. The third-order valence-corrected chi connectivity index (χ3v) is 12.3. The monoisotopic (exact) mass is 752 g/mol. The van der Waals surface area contributed by atoms with E-state index in [1.165, 1.54) is 0 Å². The molecule has 0 aliphatic rings. The Kier molecular flexibility index (Phi) is 6.86. The van der Waals surface area contributed by atoms with E-state index in [-0.39, 0.29) is 10.8 Å². The average Bonchev–Trinajstić information content (AvgIpc) is 3.28. The van der Waals surface area contributed by atoms with Crippen molar-refractivity contribution in [1.29, 1.82) is 0 Å². The van der Waals surface area contributed by atoms with Gasteiger partial charge in [-0.25, -0.2) is 17.6 Å². The molecule has 0 saturated carbocycles. The lowest BCUT2D eigenvalue weighted by atomic mass is 9.82. The van der Waals surface area contributed by atoms with Crippen molar-refractivity contribution >= 4 is 97.0 Å². The van der Waals surface area contributed by atoms with E-state index in [1.807, 2.05) is 109 Å². The molecule has 12 rings (SSSR count). The van der Waals surface area contributed by atoms with Gasteiger partial charge in [0.25, 0.3) is 0 Å². The fourth-order valence-corrected chi connectivity index (χ4v) is 9.82. The van der Waals surface area contributed by atoms with Crippen LogP contribution in [0.3, 0.4) is 0 Å². The molecule has 0 N–H and O–H groups in total. The number of rotatable bonds is 2. The Bertz CT molecular complexity index is 3540. The number of halogens is 4. The lowest BCUT2D eigenvalue weighted by molar-refractivity contribution is 0.418. The topological polar surface area (TPSA) is 0 Å². The summed E-state index contributed by atoms with van der Waals surface area (Å²) < 4.78 is 65.1. The first-order valence-corrected chi connectivity index (χ1v) is 19.3. The summed E-state index contributed by atoms with van der Waals surface area (Å²) in [7, 11) is 0. The summed E-state index contributed by atoms with van der Waals surface area (Å²) >= 11 is 0. The molecule has 0 spiro atoms. The van der Waals surface area contributed by atoms with Gasteiger partial charge in [0.15, 0.2) is 23.3 Å². The standard InChI is InChI=1S/C54H28F4/c55-51-49-45-27-43(41-25-29-13-1-3-15-31(29)33-17-5-7-19-35(33)41)37-21-9-11-23-39(37)47(45)48-40-24-12-10-22-38(40)44(28-46(48)50(49)52(56)54(58)53(51)57)42-26-30-14-2-4-16-32(30)34-18-6-8-20-36(34)42/h1-28H. The van der Waals surface area contributed by atoms with Crippen molar-refractivity contribution in [1.82, 2.24) is 0 Å². The molecule has 0 atom stereocenters. The molecule has 58 heavy (non-hydrogen) atoms. The molecule has 12 aromatic rings. The first-order valence-electron chi connectivity index (χ1n) is 19.3. The molecule has 0 aliphatic carbocycles. The van der Waals surface area contributed by atoms with E-state index < -0.39 is 23.3 Å². The number of benzene rings is 12. The molecule has 4 heteroatoms. The minimum Gasteiger partial charge on any atom is -0.203 e. The van der Waals surface area contributed by atoms with Crippen molar-refractivity contribution in [2.45, 2.75) is 0 Å². The molecule has 0 heterocycles. The van der Waals surface area contributed by atoms with Crippen molar-refractivity contribution in [2.75, 3.05) is 0 Å². The van der Waals surface area contributed by atoms with E-state index in [0.29, 0.717) is 21.5 Å². The van der Waals surface area contributed by atoms with Crippen molar-refractivity contribution < 1.29 is 17.6 Å². The molecule has 0 bridgehead atoms. The van der Waals surface area contributed by atoms with Crippen molar-refractivity contribution in [3.63, 3.8) is 0 Å². The molecule has 0 unspecified atom stereocenters. The van der Waals surface area contributed by atoms with Gasteiger partial charge in [-0.1, -0.05) is 146 Å². The third-order valence-electron chi connectivity index (χ3n) is 12.3. The fraction of sp³-hybridized carbons (Fsp3) is 0. The summed E-state index contributed by atoms with van der Waals surface area (Å²) in [6.07, 6.45) is 0. The smallest absolute Gasteiger partial charge is 0.198 e. The lowest BCUT2D eigenvalue weighted by Crippen LogP contribution is -2.01. The van der Waals surface area contributed by atoms with Crippen LogP contribution in [0.1, 0.15) is 0 Å². The van der Waals surface area contributed by atoms with Gasteiger partial charge in [-0.2, -0.15) is 0 Å². The third kappa shape index (κ3) is 4.40. The molecule has 272 valence electrons. The van der Waals surface area contributed by atoms with Crippen LogP contribution in [0.4, 0.5) is 17.6 Å². The number of hydrogen-bond donors (Lipinski definition) is 0. The lowest BCUT2D eigenvalue weighted by Gasteiger charge is -2.21. The van der Waals surface area contributed by atoms with Crippen LogP contribution in [-0.4, -0.2) is 0 Å². The first-order chi connectivity index (χ1) is 28.5. The minimum absolute atomic E-state index is 0.291. The molecular weight excluding hydrogens is 725 g/mol. The summed E-state index contributed by atoms with van der Waals surface area (Å²) in [6.45, 7) is 0. The van der Waals surface area contributed by atoms with Gasteiger partial charge in [0, 0.05) is 10.8 Å². The maximum absolute atomic E-state index is 16.8. The quantitative estimate of drug-likeness (QED) is 0.0714. The Hall–Kier alpha value is -7.30. The molecule has 0 aromatic heterocycles. The molecule has 0 nitrogen and oxygen atoms in total. The van der Waals surface area contributed by atoms with Gasteiger partial charge >= 0.3 is 0 Å². The molecule has 0 radical (unpaired) electrons. The van der Waals surface area contributed by atoms with E-state index in [1.54, 1.807) is 0 Å². The van der Waals surface area contributed by atoms with Crippen molar-refractivity contribution in [3.05, 3.63) is 193 Å². The van der Waals surface area contributed by atoms with Crippen LogP contribution in [0.5, 0.6) is 0 Å². The minimum atomic E-state index is -1.84. The van der Waals surface area contributed by atoms with Crippen LogP contribution in [-0.2, 0) is 0 Å². The molecule has 0 amide bonds. The van der Waals surface area contributed by atoms with E-state index >= 15 is 17.6 Å². The zero-order valence-corrected chi connectivity index (χ0v) is 30.7. The average molecular weight is 753 g/mol. The SMILES string of the molecule is Fc1c(F)c(F)c2c3cc(-c4cc5ccccc5c5ccccc45)c4ccccc4c3c3c4ccccc4c(-c4cc5ccccc5c5ccccc45)cc3c2c1F. The summed E-state index contributed by atoms with van der Waals surface area (Å²) in [5.74, 6) is -6.51. The van der Waals surface area contributed by atoms with E-state index in [2.05, 4.69) is 60.7 Å². The van der Waals surface area contributed by atoms with Gasteiger partial charge in [0.1, 0.15) is 0 Å². The van der Waals surface area contributed by atoms with Crippen LogP contribution < -0.4 is 0 Å². The van der Waals surface area contributed by atoms with Crippen LogP contribution in [0.2, 0.25) is 0 Å². The predicted molar refractivity (Wildman–Crippen MR) is 235 cm³/mol. The zero-order valence-electron chi connectivity index (χ0n) is 30.7. The summed E-state index contributed by atoms with van der Waals surface area (Å²) in [6, 6.07) is 56.5. The van der Waals surface area contributed by atoms with Gasteiger partial charge in [-0.05, 0) is 133 Å². The Morgan fingerprint density at radius 3 is 0.862 bits per heavy atom. The number of fused-ring (bicyclic) bond motifs is 16. The highest BCUT2D eigenvalue weighted by Gasteiger charge is 2.28. The highest BCUT2D eigenvalue weighted by Crippen LogP contribution is 2.50. The summed E-state index contributed by atoms with van der Waals surface area (Å²) in [4.78, 5) is 0. The summed E-state index contributed by atoms with van der Waals surface area (Å²) in [5.41, 5.74) is 3.35. The zero-order chi connectivity index (χ0) is 38.8. The van der Waals surface area contributed by atoms with Crippen LogP contribution in [0.15, 0.2) is 170 Å². The van der Waals surface area contributed by atoms with Crippen LogP contribution >= 0.6 is 0 Å². The highest BCUT2D eigenvalue weighted by atomic mass is 19.2. The fourth-order valence-electron chi connectivity index (χ4n) is 9.82. The molecule has 12 aromatic carbocycles. The molecule has 0 aliphatic heterocycles. The van der Waals surface area contributed by atoms with E-state index in [0.717, 1.165) is 86.9 Å². The Morgan fingerprint density at radius 1 is 0.207 bits per heavy atom. The first kappa shape index (κ1) is 32.9. The van der Waals surface area contributed by atoms with Crippen molar-refractivity contribution in [2.24, 2.45) is 0 Å². The van der Waals surface area contributed by atoms with Gasteiger partial charge in [-0.15, -0.1) is 0 Å². The van der Waals surface area contributed by atoms with E-state index in [9.17, 15) is 0 Å². The van der Waals surface area contributed by atoms with Crippen molar-refractivity contribution in [3.8, 4) is 22.3 Å². The normalized spacial score (nSPS) is 12.1. The van der Waals surface area contributed by atoms with Gasteiger partial charge in [0.2, 0.25) is 0 Å². The second-order valence-electron chi connectivity index (χ2n) is 15.2. The van der Waals surface area contributed by atoms with E-state index in [4.69, 9.17) is 0 Å². The Labute approximate surface area is 328 Å². The maximum Gasteiger partial charge on any atom is 0.198 e. The maximum atomic E-state index is 16.8. The highest BCUT2D eigenvalue weighted by molar-refractivity contribution is 6.39. The van der Waals surface area contributed by atoms with Gasteiger partial charge < -0.3 is 0 Å². The van der Waals surface area contributed by atoms with Gasteiger partial charge in [0.05, 0.1) is 0 Å². The predicted octanol–water partition coefficient (Wildman–Crippen LogP) is 16.0. The largest absolute Gasteiger partial charge is 0.203 e. The molecule has 0 saturated heterocycles. The Balaban J connectivity index is 1.33. The molecular formula is C54H28F4.